The summed E-state index contributed by atoms with van der Waals surface area (Å²) >= 11 is 6.02. The summed E-state index contributed by atoms with van der Waals surface area (Å²) in [4.78, 5) is 7.53. The van der Waals surface area contributed by atoms with Gasteiger partial charge in [0.05, 0.1) is 16.1 Å². The van der Waals surface area contributed by atoms with Gasteiger partial charge in [-0.15, -0.1) is 0 Å². The van der Waals surface area contributed by atoms with Crippen molar-refractivity contribution in [1.82, 2.24) is 14.4 Å². The minimum atomic E-state index is -5.85. The van der Waals surface area contributed by atoms with Gasteiger partial charge >= 0.3 is 15.6 Å². The van der Waals surface area contributed by atoms with E-state index >= 15 is 0 Å². The first-order valence-corrected chi connectivity index (χ1v) is 7.41. The Morgan fingerprint density at radius 3 is 2.68 bits per heavy atom. The van der Waals surface area contributed by atoms with E-state index in [0.29, 0.717) is 5.52 Å². The van der Waals surface area contributed by atoms with E-state index in [1.807, 2.05) is 0 Å². The summed E-state index contributed by atoms with van der Waals surface area (Å²) in [5, 5.41) is 0.276. The maximum absolute atomic E-state index is 12.4. The zero-order chi connectivity index (χ0) is 16.1. The Hall–Kier alpha value is -2.07. The highest BCUT2D eigenvalue weighted by molar-refractivity contribution is 7.88. The maximum Gasteiger partial charge on any atom is 0.534 e. The summed E-state index contributed by atoms with van der Waals surface area (Å²) in [6, 6.07) is 4.52. The molecule has 0 aliphatic heterocycles. The van der Waals surface area contributed by atoms with E-state index < -0.39 is 21.5 Å². The van der Waals surface area contributed by atoms with Gasteiger partial charge in [0.2, 0.25) is 5.65 Å². The number of aromatic nitrogens is 3. The van der Waals surface area contributed by atoms with Crippen LogP contribution in [-0.2, 0) is 10.1 Å². The van der Waals surface area contributed by atoms with Crippen molar-refractivity contribution in [2.24, 2.45) is 0 Å². The second kappa shape index (κ2) is 4.71. The Morgan fingerprint density at radius 2 is 2.00 bits per heavy atom. The summed E-state index contributed by atoms with van der Waals surface area (Å²) in [6.07, 6.45) is 2.66. The van der Waals surface area contributed by atoms with Crippen molar-refractivity contribution in [1.29, 1.82) is 0 Å². The topological polar surface area (TPSA) is 73.6 Å². The van der Waals surface area contributed by atoms with Crippen LogP contribution in [-0.4, -0.2) is 28.3 Å². The Bertz CT molecular complexity index is 985. The number of alkyl halides is 3. The maximum atomic E-state index is 12.4. The standard InChI is InChI=1S/C11H5ClF3N3O3S/c12-6-2-1-3-7-8(6)18-5-4-16-9(18)10(17-7)21-22(19,20)11(13,14)15/h1-5H. The van der Waals surface area contributed by atoms with Crippen molar-refractivity contribution in [3.05, 3.63) is 35.6 Å². The van der Waals surface area contributed by atoms with Crippen molar-refractivity contribution in [3.8, 4) is 5.88 Å². The van der Waals surface area contributed by atoms with E-state index in [1.165, 1.54) is 28.9 Å². The molecule has 2 aromatic heterocycles. The fourth-order valence-electron chi connectivity index (χ4n) is 1.84. The van der Waals surface area contributed by atoms with E-state index in [1.54, 1.807) is 6.07 Å². The molecule has 0 unspecified atom stereocenters. The second-order valence-electron chi connectivity index (χ2n) is 4.13. The van der Waals surface area contributed by atoms with Crippen LogP contribution in [0.1, 0.15) is 0 Å². The molecule has 22 heavy (non-hydrogen) atoms. The number of benzene rings is 1. The van der Waals surface area contributed by atoms with Gasteiger partial charge in [0.25, 0.3) is 5.88 Å². The zero-order valence-electron chi connectivity index (χ0n) is 10.4. The first-order chi connectivity index (χ1) is 10.2. The lowest BCUT2D eigenvalue weighted by Gasteiger charge is -2.11. The number of rotatable bonds is 2. The van der Waals surface area contributed by atoms with E-state index in [2.05, 4.69) is 14.2 Å². The van der Waals surface area contributed by atoms with Crippen LogP contribution in [0, 0.1) is 0 Å². The third kappa shape index (κ3) is 2.24. The van der Waals surface area contributed by atoms with Gasteiger partial charge in [0, 0.05) is 12.4 Å². The third-order valence-corrected chi connectivity index (χ3v) is 3.98. The van der Waals surface area contributed by atoms with Gasteiger partial charge in [-0.05, 0) is 12.1 Å². The molecule has 0 fully saturated rings. The van der Waals surface area contributed by atoms with Gasteiger partial charge in [-0.2, -0.15) is 21.6 Å². The molecule has 3 aromatic rings. The molecule has 0 saturated carbocycles. The van der Waals surface area contributed by atoms with Crippen molar-refractivity contribution in [3.63, 3.8) is 0 Å². The molecule has 0 spiro atoms. The number of hydrogen-bond donors (Lipinski definition) is 0. The third-order valence-electron chi connectivity index (χ3n) is 2.73. The fourth-order valence-corrected chi connectivity index (χ4v) is 2.52. The summed E-state index contributed by atoms with van der Waals surface area (Å²) in [5.41, 5.74) is -5.24. The number of hydrogen-bond acceptors (Lipinski definition) is 5. The Labute approximate surface area is 126 Å². The van der Waals surface area contributed by atoms with Crippen LogP contribution in [0.15, 0.2) is 30.6 Å². The molecule has 0 saturated heterocycles. The molecule has 0 amide bonds. The van der Waals surface area contributed by atoms with E-state index in [0.717, 1.165) is 0 Å². The zero-order valence-corrected chi connectivity index (χ0v) is 11.9. The van der Waals surface area contributed by atoms with Crippen LogP contribution >= 0.6 is 11.6 Å². The molecule has 116 valence electrons. The smallest absolute Gasteiger partial charge is 0.351 e. The first kappa shape index (κ1) is 14.9. The summed E-state index contributed by atoms with van der Waals surface area (Å²) in [7, 11) is -5.85. The lowest BCUT2D eigenvalue weighted by Crippen LogP contribution is -2.28. The molecule has 0 bridgehead atoms. The molecule has 0 aliphatic rings. The van der Waals surface area contributed by atoms with Crippen molar-refractivity contribution >= 4 is 38.4 Å². The number of halogens is 4. The molecule has 0 atom stereocenters. The first-order valence-electron chi connectivity index (χ1n) is 5.63. The molecule has 6 nitrogen and oxygen atoms in total. The number of nitrogens with zero attached hydrogens (tertiary/aromatic N) is 3. The van der Waals surface area contributed by atoms with Gasteiger partial charge < -0.3 is 4.18 Å². The lowest BCUT2D eigenvalue weighted by atomic mass is 10.3. The predicted molar refractivity (Wildman–Crippen MR) is 71.1 cm³/mol. The minimum Gasteiger partial charge on any atom is -0.351 e. The van der Waals surface area contributed by atoms with Crippen molar-refractivity contribution < 1.29 is 25.8 Å². The molecule has 2 heterocycles. The summed E-state index contributed by atoms with van der Waals surface area (Å²) < 4.78 is 65.0. The van der Waals surface area contributed by atoms with Gasteiger partial charge in [-0.1, -0.05) is 17.7 Å². The molecule has 1 aromatic carbocycles. The van der Waals surface area contributed by atoms with Crippen LogP contribution in [0.25, 0.3) is 16.7 Å². The number of fused-ring (bicyclic) bond motifs is 3. The van der Waals surface area contributed by atoms with Crippen LogP contribution in [0.5, 0.6) is 5.88 Å². The number of para-hydroxylation sites is 1. The average molecular weight is 352 g/mol. The molecule has 0 aliphatic carbocycles. The fraction of sp³-hybridized carbons (Fsp3) is 0.0909. The van der Waals surface area contributed by atoms with Gasteiger partial charge in [-0.25, -0.2) is 9.97 Å². The highest BCUT2D eigenvalue weighted by Gasteiger charge is 2.49. The number of imidazole rings is 1. The van der Waals surface area contributed by atoms with Crippen LogP contribution in [0.2, 0.25) is 5.02 Å². The summed E-state index contributed by atoms with van der Waals surface area (Å²) in [6.45, 7) is 0. The lowest BCUT2D eigenvalue weighted by molar-refractivity contribution is -0.0500. The highest BCUT2D eigenvalue weighted by Crippen LogP contribution is 2.31. The van der Waals surface area contributed by atoms with Crippen LogP contribution in [0.4, 0.5) is 13.2 Å². The van der Waals surface area contributed by atoms with Crippen molar-refractivity contribution in [2.45, 2.75) is 5.51 Å². The minimum absolute atomic E-state index is 0.158. The molecular formula is C11H5ClF3N3O3S. The van der Waals surface area contributed by atoms with E-state index in [9.17, 15) is 21.6 Å². The monoisotopic (exact) mass is 351 g/mol. The Balaban J connectivity index is 2.29. The predicted octanol–water partition coefficient (Wildman–Crippen LogP) is 2.76. The van der Waals surface area contributed by atoms with Gasteiger partial charge in [0.15, 0.2) is 0 Å². The molecule has 3 rings (SSSR count). The van der Waals surface area contributed by atoms with E-state index in [-0.39, 0.29) is 16.2 Å². The van der Waals surface area contributed by atoms with E-state index in [4.69, 9.17) is 11.6 Å². The van der Waals surface area contributed by atoms with Crippen LogP contribution < -0.4 is 4.18 Å². The molecule has 11 heteroatoms. The highest BCUT2D eigenvalue weighted by atomic mass is 35.5. The quantitative estimate of drug-likeness (QED) is 0.524. The largest absolute Gasteiger partial charge is 0.534 e. The Morgan fingerprint density at radius 1 is 1.27 bits per heavy atom. The SMILES string of the molecule is O=S(=O)(Oc1nc2cccc(Cl)c2n2ccnc12)C(F)(F)F. The summed E-state index contributed by atoms with van der Waals surface area (Å²) in [5.74, 6) is -0.780. The Kier molecular flexibility index (Phi) is 3.18. The molecular weight excluding hydrogens is 347 g/mol. The molecule has 0 radical (unpaired) electrons. The molecule has 0 N–H and O–H groups in total. The second-order valence-corrected chi connectivity index (χ2v) is 6.07. The average Bonchev–Trinajstić information content (AvgIpc) is 2.86. The van der Waals surface area contributed by atoms with Crippen molar-refractivity contribution in [2.75, 3.05) is 0 Å². The van der Waals surface area contributed by atoms with Crippen LogP contribution in [0.3, 0.4) is 0 Å². The van der Waals surface area contributed by atoms with Gasteiger partial charge in [-0.3, -0.25) is 4.40 Å². The van der Waals surface area contributed by atoms with Gasteiger partial charge in [0.1, 0.15) is 0 Å². The normalized spacial score (nSPS) is 12.9.